The Morgan fingerprint density at radius 3 is 2.52 bits per heavy atom. The molecule has 1 aromatic heterocycles. The summed E-state index contributed by atoms with van der Waals surface area (Å²) in [4.78, 5) is 21.3. The highest BCUT2D eigenvalue weighted by Gasteiger charge is 2.25. The quantitative estimate of drug-likeness (QED) is 0.360. The molecule has 3 rings (SSSR count). The van der Waals surface area contributed by atoms with Crippen molar-refractivity contribution in [2.45, 2.75) is 27.7 Å². The number of carbonyl (C=O) groups excluding carboxylic acids is 1. The van der Waals surface area contributed by atoms with Gasteiger partial charge in [0.1, 0.15) is 10.9 Å². The van der Waals surface area contributed by atoms with E-state index in [1.807, 2.05) is 64.1 Å². The molecule has 0 amide bonds. The van der Waals surface area contributed by atoms with Gasteiger partial charge in [0.05, 0.1) is 16.5 Å². The number of carbonyl (C=O) groups is 1. The number of para-hydroxylation sites is 1. The number of ether oxygens (including phenoxy) is 1. The predicted octanol–water partition coefficient (Wildman–Crippen LogP) is 5.21. The van der Waals surface area contributed by atoms with Crippen molar-refractivity contribution < 1.29 is 9.53 Å². The van der Waals surface area contributed by atoms with Crippen LogP contribution in [0.15, 0.2) is 42.5 Å². The number of hydrogen-bond donors (Lipinski definition) is 0. The molecule has 0 unspecified atom stereocenters. The molecule has 1 heterocycles. The van der Waals surface area contributed by atoms with Crippen molar-refractivity contribution in [3.05, 3.63) is 53.2 Å². The lowest BCUT2D eigenvalue weighted by Gasteiger charge is -2.17. The average molecular weight is 355 g/mol. The van der Waals surface area contributed by atoms with Crippen LogP contribution in [0.4, 0.5) is 0 Å². The van der Waals surface area contributed by atoms with E-state index in [0.717, 1.165) is 16.5 Å². The molecule has 128 valence electrons. The minimum atomic E-state index is -0.605. The van der Waals surface area contributed by atoms with Crippen LogP contribution in [-0.4, -0.2) is 15.9 Å². The molecule has 0 atom stereocenters. The van der Waals surface area contributed by atoms with Crippen molar-refractivity contribution in [1.29, 1.82) is 0 Å². The van der Waals surface area contributed by atoms with Gasteiger partial charge in [0.2, 0.25) is 0 Å². The van der Waals surface area contributed by atoms with E-state index in [0.29, 0.717) is 22.3 Å². The number of esters is 1. The van der Waals surface area contributed by atoms with Crippen LogP contribution in [0, 0.1) is 12.3 Å². The highest BCUT2D eigenvalue weighted by atomic mass is 35.5. The lowest BCUT2D eigenvalue weighted by Crippen LogP contribution is -2.25. The van der Waals surface area contributed by atoms with Crippen LogP contribution in [-0.2, 0) is 4.79 Å². The fourth-order valence-corrected chi connectivity index (χ4v) is 2.55. The number of rotatable bonds is 2. The highest BCUT2D eigenvalue weighted by Crippen LogP contribution is 2.32. The maximum Gasteiger partial charge on any atom is 0.316 e. The van der Waals surface area contributed by atoms with Gasteiger partial charge in [-0.15, -0.1) is 0 Å². The fraction of sp³-hybridized carbons (Fsp3) is 0.250. The Balaban J connectivity index is 2.11. The van der Waals surface area contributed by atoms with Crippen LogP contribution in [0.5, 0.6) is 5.75 Å². The topological polar surface area (TPSA) is 52.1 Å². The number of aryl methyl sites for hydroxylation is 1. The number of aromatic nitrogens is 2. The van der Waals surface area contributed by atoms with E-state index in [-0.39, 0.29) is 5.97 Å². The van der Waals surface area contributed by atoms with Crippen molar-refractivity contribution in [1.82, 2.24) is 9.97 Å². The molecule has 25 heavy (non-hydrogen) atoms. The summed E-state index contributed by atoms with van der Waals surface area (Å²) in [6.07, 6.45) is 0. The molecule has 0 aliphatic heterocycles. The Morgan fingerprint density at radius 2 is 1.80 bits per heavy atom. The van der Waals surface area contributed by atoms with Crippen molar-refractivity contribution in [3.63, 3.8) is 0 Å². The van der Waals surface area contributed by atoms with Gasteiger partial charge in [0.25, 0.3) is 0 Å². The van der Waals surface area contributed by atoms with Crippen LogP contribution in [0.1, 0.15) is 26.3 Å². The summed E-state index contributed by atoms with van der Waals surface area (Å²) < 4.78 is 5.58. The van der Waals surface area contributed by atoms with Gasteiger partial charge >= 0.3 is 5.97 Å². The van der Waals surface area contributed by atoms with E-state index in [2.05, 4.69) is 9.97 Å². The van der Waals surface area contributed by atoms with Crippen LogP contribution in [0.25, 0.3) is 22.3 Å². The number of nitrogens with zero attached hydrogens (tertiary/aromatic N) is 2. The molecule has 0 fully saturated rings. The summed E-state index contributed by atoms with van der Waals surface area (Å²) in [7, 11) is 0. The number of halogens is 1. The molecule has 4 nitrogen and oxygen atoms in total. The lowest BCUT2D eigenvalue weighted by molar-refractivity contribution is -0.142. The van der Waals surface area contributed by atoms with Gasteiger partial charge in [-0.1, -0.05) is 29.8 Å². The van der Waals surface area contributed by atoms with Crippen LogP contribution >= 0.6 is 11.6 Å². The fourth-order valence-electron chi connectivity index (χ4n) is 2.31. The number of hydrogen-bond acceptors (Lipinski definition) is 4. The third kappa shape index (κ3) is 3.64. The second kappa shape index (κ2) is 6.45. The third-order valence-corrected chi connectivity index (χ3v) is 4.04. The predicted molar refractivity (Wildman–Crippen MR) is 99.8 cm³/mol. The lowest BCUT2D eigenvalue weighted by atomic mass is 9.97. The molecule has 0 radical (unpaired) electrons. The van der Waals surface area contributed by atoms with E-state index in [4.69, 9.17) is 16.3 Å². The van der Waals surface area contributed by atoms with Gasteiger partial charge in [-0.2, -0.15) is 0 Å². The zero-order chi connectivity index (χ0) is 18.2. The number of fused-ring (bicyclic) bond motifs is 1. The van der Waals surface area contributed by atoms with Crippen molar-refractivity contribution >= 4 is 28.5 Å². The van der Waals surface area contributed by atoms with Gasteiger partial charge in [-0.25, -0.2) is 9.97 Å². The van der Waals surface area contributed by atoms with Crippen molar-refractivity contribution in [3.8, 4) is 17.1 Å². The normalized spacial score (nSPS) is 11.6. The molecular formula is C20H19ClN2O2. The molecule has 0 bridgehead atoms. The standard InChI is InChI=1S/C20H19ClN2O2/c1-12-9-10-13-15(11-12)22-18(23-17(13)21)14-7-5-6-8-16(14)25-19(24)20(2,3)4/h5-11H,1-4H3. The van der Waals surface area contributed by atoms with Gasteiger partial charge in [-0.3, -0.25) is 4.79 Å². The van der Waals surface area contributed by atoms with Gasteiger partial charge < -0.3 is 4.74 Å². The highest BCUT2D eigenvalue weighted by molar-refractivity contribution is 6.34. The van der Waals surface area contributed by atoms with E-state index >= 15 is 0 Å². The maximum absolute atomic E-state index is 12.3. The summed E-state index contributed by atoms with van der Waals surface area (Å²) in [6, 6.07) is 13.0. The van der Waals surface area contributed by atoms with Crippen molar-refractivity contribution in [2.24, 2.45) is 5.41 Å². The van der Waals surface area contributed by atoms with Crippen LogP contribution < -0.4 is 4.74 Å². The molecule has 0 aliphatic rings. The first-order valence-corrected chi connectivity index (χ1v) is 8.39. The Morgan fingerprint density at radius 1 is 1.08 bits per heavy atom. The molecule has 0 N–H and O–H groups in total. The summed E-state index contributed by atoms with van der Waals surface area (Å²) in [6.45, 7) is 7.42. The first-order valence-electron chi connectivity index (χ1n) is 8.01. The largest absolute Gasteiger partial charge is 0.425 e. The van der Waals surface area contributed by atoms with Crippen LogP contribution in [0.3, 0.4) is 0 Å². The SMILES string of the molecule is Cc1ccc2c(Cl)nc(-c3ccccc3OC(=O)C(C)(C)C)nc2c1. The number of benzene rings is 2. The molecule has 3 aromatic rings. The third-order valence-electron chi connectivity index (χ3n) is 3.75. The minimum Gasteiger partial charge on any atom is -0.425 e. The Hall–Kier alpha value is -2.46. The van der Waals surface area contributed by atoms with Gasteiger partial charge in [0.15, 0.2) is 5.82 Å². The summed E-state index contributed by atoms with van der Waals surface area (Å²) in [5, 5.41) is 1.16. The van der Waals surface area contributed by atoms with Gasteiger partial charge in [-0.05, 0) is 57.5 Å². The van der Waals surface area contributed by atoms with Gasteiger partial charge in [0, 0.05) is 5.39 Å². The Labute approximate surface area is 151 Å². The van der Waals surface area contributed by atoms with E-state index in [1.54, 1.807) is 6.07 Å². The maximum atomic E-state index is 12.3. The molecule has 2 aromatic carbocycles. The smallest absolute Gasteiger partial charge is 0.316 e. The van der Waals surface area contributed by atoms with Crippen LogP contribution in [0.2, 0.25) is 5.15 Å². The van der Waals surface area contributed by atoms with E-state index < -0.39 is 5.41 Å². The molecule has 0 saturated carbocycles. The summed E-state index contributed by atoms with van der Waals surface area (Å²) in [5.74, 6) is 0.536. The average Bonchev–Trinajstić information content (AvgIpc) is 2.54. The molecular weight excluding hydrogens is 336 g/mol. The summed E-state index contributed by atoms with van der Waals surface area (Å²) in [5.41, 5.74) is 1.87. The second-order valence-electron chi connectivity index (χ2n) is 6.99. The molecule has 0 saturated heterocycles. The molecule has 0 spiro atoms. The second-order valence-corrected chi connectivity index (χ2v) is 7.35. The monoisotopic (exact) mass is 354 g/mol. The zero-order valence-electron chi connectivity index (χ0n) is 14.6. The zero-order valence-corrected chi connectivity index (χ0v) is 15.4. The first-order chi connectivity index (χ1) is 11.8. The molecule has 5 heteroatoms. The summed E-state index contributed by atoms with van der Waals surface area (Å²) >= 11 is 6.34. The minimum absolute atomic E-state index is 0.317. The Bertz CT molecular complexity index is 962. The van der Waals surface area contributed by atoms with E-state index in [1.165, 1.54) is 0 Å². The van der Waals surface area contributed by atoms with E-state index in [9.17, 15) is 4.79 Å². The van der Waals surface area contributed by atoms with Crippen molar-refractivity contribution in [2.75, 3.05) is 0 Å². The first kappa shape index (κ1) is 17.4. The molecule has 0 aliphatic carbocycles. The Kier molecular flexibility index (Phi) is 4.48.